The molecule has 15 nitrogen and oxygen atoms in total. The monoisotopic (exact) mass is 491 g/mol. The molecule has 2 heterocycles. The second-order valence-corrected chi connectivity index (χ2v) is 10.5. The van der Waals surface area contributed by atoms with E-state index in [0.29, 0.717) is 0 Å². The summed E-state index contributed by atoms with van der Waals surface area (Å²) in [4.78, 5) is 34.7. The van der Waals surface area contributed by atoms with E-state index in [-0.39, 0.29) is 10.3 Å². The predicted molar refractivity (Wildman–Crippen MR) is 104 cm³/mol. The summed E-state index contributed by atoms with van der Waals surface area (Å²) in [6, 6.07) is 1.25. The molecule has 1 aromatic rings. The molecule has 0 aromatic carbocycles. The lowest BCUT2D eigenvalue weighted by Gasteiger charge is -2.24. The third kappa shape index (κ3) is 7.70. The van der Waals surface area contributed by atoms with Crippen molar-refractivity contribution in [3.8, 4) is 0 Å². The molecule has 17 heteroatoms. The van der Waals surface area contributed by atoms with Crippen molar-refractivity contribution in [2.75, 3.05) is 46.6 Å². The van der Waals surface area contributed by atoms with Crippen LogP contribution in [0.25, 0.3) is 0 Å². The summed E-state index contributed by atoms with van der Waals surface area (Å²) in [5.74, 6) is -0.0774. The summed E-state index contributed by atoms with van der Waals surface area (Å²) in [5, 5.41) is 20.2. The van der Waals surface area contributed by atoms with Crippen molar-refractivity contribution in [2.24, 2.45) is 0 Å². The Labute approximate surface area is 178 Å². The number of phosphoric acid groups is 2. The minimum atomic E-state index is -5.20. The molecule has 1 aliphatic rings. The minimum absolute atomic E-state index is 0.0559. The highest BCUT2D eigenvalue weighted by atomic mass is 31.3. The number of aliphatic hydroxyl groups excluding tert-OH is 2. The van der Waals surface area contributed by atoms with E-state index in [2.05, 4.69) is 18.3 Å². The van der Waals surface area contributed by atoms with E-state index in [0.717, 1.165) is 4.57 Å². The van der Waals surface area contributed by atoms with Crippen LogP contribution in [0.1, 0.15) is 7.60 Å². The molecule has 1 aliphatic heterocycles. The van der Waals surface area contributed by atoms with Gasteiger partial charge in [0.1, 0.15) is 37.3 Å². The Morgan fingerprint density at radius 2 is 1.87 bits per heavy atom. The summed E-state index contributed by atoms with van der Waals surface area (Å²) < 4.78 is 51.2. The SMILES string of the molecule is [2H][13CH](COP(=O)(O)OP(=O)(O)OC[C@H]1O[C@@H](n2ccc(N)nc2=O)[C@H](O)[C@@H]1O)[N+](C)(C)C. The molecule has 7 atom stereocenters. The molecule has 3 unspecified atom stereocenters. The highest BCUT2D eigenvalue weighted by Gasteiger charge is 2.46. The zero-order valence-electron chi connectivity index (χ0n) is 17.9. The van der Waals surface area contributed by atoms with Gasteiger partial charge < -0.3 is 35.0 Å². The number of aliphatic hydroxyl groups is 2. The van der Waals surface area contributed by atoms with E-state index in [9.17, 15) is 33.9 Å². The van der Waals surface area contributed by atoms with Gasteiger partial charge in [0, 0.05) is 6.20 Å². The minimum Gasteiger partial charge on any atom is -0.387 e. The highest BCUT2D eigenvalue weighted by molar-refractivity contribution is 7.61. The number of aromatic nitrogens is 2. The quantitative estimate of drug-likeness (QED) is 0.142. The second-order valence-electron chi connectivity index (χ2n) is 7.50. The largest absolute Gasteiger partial charge is 0.481 e. The zero-order chi connectivity index (χ0) is 24.5. The van der Waals surface area contributed by atoms with E-state index < -0.39 is 65.6 Å². The van der Waals surface area contributed by atoms with Crippen molar-refractivity contribution in [3.05, 3.63) is 22.7 Å². The molecule has 0 aliphatic carbocycles. The molecule has 0 saturated carbocycles. The molecular weight excluding hydrogens is 463 g/mol. The van der Waals surface area contributed by atoms with Crippen LogP contribution < -0.4 is 11.4 Å². The first-order chi connectivity index (χ1) is 14.5. The maximum atomic E-state index is 12.0. The van der Waals surface area contributed by atoms with Crippen LogP contribution in [0.5, 0.6) is 0 Å². The summed E-state index contributed by atoms with van der Waals surface area (Å²) in [6.07, 6.45) is -4.95. The summed E-state index contributed by atoms with van der Waals surface area (Å²) in [7, 11) is -5.38. The van der Waals surface area contributed by atoms with Crippen molar-refractivity contribution in [1.82, 2.24) is 9.55 Å². The number of quaternary nitrogens is 1. The first kappa shape index (κ1) is 24.4. The van der Waals surface area contributed by atoms with Crippen molar-refractivity contribution in [1.29, 1.82) is 0 Å². The van der Waals surface area contributed by atoms with Gasteiger partial charge in [-0.05, 0) is 6.07 Å². The third-order valence-corrected chi connectivity index (χ3v) is 6.53. The zero-order valence-corrected chi connectivity index (χ0v) is 18.7. The fraction of sp³-hybridized carbons (Fsp3) is 0.714. The number of anilines is 1. The van der Waals surface area contributed by atoms with Crippen molar-refractivity contribution in [3.63, 3.8) is 0 Å². The van der Waals surface area contributed by atoms with Gasteiger partial charge >= 0.3 is 21.3 Å². The average Bonchev–Trinajstić information content (AvgIpc) is 2.91. The Kier molecular flexibility index (Phi) is 7.66. The Morgan fingerprint density at radius 1 is 1.26 bits per heavy atom. The molecule has 0 bridgehead atoms. The molecule has 31 heavy (non-hydrogen) atoms. The molecule has 2 rings (SSSR count). The van der Waals surface area contributed by atoms with Gasteiger partial charge in [-0.25, -0.2) is 13.9 Å². The molecule has 6 N–H and O–H groups in total. The Morgan fingerprint density at radius 3 is 2.45 bits per heavy atom. The predicted octanol–water partition coefficient (Wildman–Crippen LogP) is -1.60. The van der Waals surface area contributed by atoms with Crippen LogP contribution in [0.3, 0.4) is 0 Å². The van der Waals surface area contributed by atoms with Gasteiger partial charge in [0.25, 0.3) is 0 Å². The average molecular weight is 491 g/mol. The van der Waals surface area contributed by atoms with E-state index in [1.165, 1.54) is 12.3 Å². The number of nitrogens with two attached hydrogens (primary N) is 1. The fourth-order valence-corrected chi connectivity index (χ4v) is 4.42. The lowest BCUT2D eigenvalue weighted by Crippen LogP contribution is -2.37. The van der Waals surface area contributed by atoms with Gasteiger partial charge in [-0.1, -0.05) is 0 Å². The summed E-state index contributed by atoms with van der Waals surface area (Å²) in [6.45, 7) is -2.44. The van der Waals surface area contributed by atoms with E-state index in [1.807, 2.05) is 0 Å². The first-order valence-electron chi connectivity index (χ1n) is 9.36. The summed E-state index contributed by atoms with van der Waals surface area (Å²) in [5.41, 5.74) is 4.51. The van der Waals surface area contributed by atoms with Gasteiger partial charge in [0.2, 0.25) is 0 Å². The lowest BCUT2D eigenvalue weighted by atomic mass is 10.1. The number of likely N-dealkylation sites (N-methyl/N-ethyl adjacent to an activating group) is 1. The van der Waals surface area contributed by atoms with E-state index >= 15 is 0 Å². The molecule has 1 saturated heterocycles. The van der Waals surface area contributed by atoms with Crippen LogP contribution in [0.2, 0.25) is 0 Å². The van der Waals surface area contributed by atoms with Gasteiger partial charge in [0.15, 0.2) is 6.23 Å². The van der Waals surface area contributed by atoms with Crippen LogP contribution in [0.4, 0.5) is 5.82 Å². The molecule has 1 aromatic heterocycles. The van der Waals surface area contributed by atoms with E-state index in [4.69, 9.17) is 11.8 Å². The maximum Gasteiger partial charge on any atom is 0.481 e. The molecular formula is C14H27N4O11P2+. The Bertz CT molecular complexity index is 957. The van der Waals surface area contributed by atoms with Gasteiger partial charge in [-0.3, -0.25) is 13.6 Å². The third-order valence-electron chi connectivity index (χ3n) is 3.93. The van der Waals surface area contributed by atoms with Gasteiger partial charge in [-0.15, -0.1) is 0 Å². The van der Waals surface area contributed by atoms with Crippen molar-refractivity contribution < 1.29 is 53.1 Å². The molecule has 1 fully saturated rings. The number of nitrogen functional groups attached to an aromatic ring is 1. The lowest BCUT2D eigenvalue weighted by molar-refractivity contribution is -0.870. The van der Waals surface area contributed by atoms with Crippen LogP contribution in [-0.2, 0) is 27.2 Å². The first-order valence-corrected chi connectivity index (χ1v) is 11.8. The molecule has 0 radical (unpaired) electrons. The number of hydrogen-bond acceptors (Lipinski definition) is 11. The van der Waals surface area contributed by atoms with Crippen LogP contribution >= 0.6 is 15.6 Å². The smallest absolute Gasteiger partial charge is 0.387 e. The number of ether oxygens (including phenoxy) is 1. The Hall–Kier alpha value is -1.22. The van der Waals surface area contributed by atoms with Gasteiger partial charge in [-0.2, -0.15) is 9.29 Å². The maximum absolute atomic E-state index is 12.0. The van der Waals surface area contributed by atoms with E-state index in [1.54, 1.807) is 21.1 Å². The molecule has 0 spiro atoms. The highest BCUT2D eigenvalue weighted by Crippen LogP contribution is 2.60. The number of rotatable bonds is 10. The van der Waals surface area contributed by atoms with Crippen LogP contribution in [0.15, 0.2) is 17.1 Å². The Balaban J connectivity index is 1.97. The normalized spacial score (nSPS) is 29.7. The second kappa shape index (κ2) is 9.73. The molecule has 178 valence electrons. The van der Waals surface area contributed by atoms with Gasteiger partial charge in [0.05, 0.1) is 29.1 Å². The topological polar surface area (TPSA) is 213 Å². The summed E-state index contributed by atoms with van der Waals surface area (Å²) >= 11 is 0. The number of nitrogens with zero attached hydrogens (tertiary/aromatic N) is 3. The van der Waals surface area contributed by atoms with Crippen molar-refractivity contribution >= 4 is 21.5 Å². The van der Waals surface area contributed by atoms with Crippen LogP contribution in [0, 0.1) is 0 Å². The number of hydrogen-bond donors (Lipinski definition) is 5. The van der Waals surface area contributed by atoms with Crippen molar-refractivity contribution in [2.45, 2.75) is 24.5 Å². The van der Waals surface area contributed by atoms with Crippen LogP contribution in [-0.4, -0.2) is 93.2 Å². The standard InChI is InChI=1S/C14H26N4O11P2/c1-18(2,3)6-7-26-30(22,23)29-31(24,25)27-8-9-11(19)12(20)13(28-9)17-5-4-10(15)16-14(17)21/h4-5,9,11-13,19-20H,6-8H2,1-3H3,(H3-,15,16,21,22,23,24,25)/p+1/t9-,11-,12-,13-/m1/s1/i6+1D/t6?,9-,11-,12-,13-. The molecule has 0 amide bonds. The fourth-order valence-electron chi connectivity index (χ4n) is 2.41. The number of phosphoric ester groups is 2.